The second-order valence-electron chi connectivity index (χ2n) is 5.42. The summed E-state index contributed by atoms with van der Waals surface area (Å²) in [5, 5.41) is 4.12. The minimum atomic E-state index is -0.272. The predicted molar refractivity (Wildman–Crippen MR) is 104 cm³/mol. The number of para-hydroxylation sites is 1. The molecule has 0 fully saturated rings. The van der Waals surface area contributed by atoms with Gasteiger partial charge < -0.3 is 10.1 Å². The van der Waals surface area contributed by atoms with Crippen LogP contribution in [-0.4, -0.2) is 23.3 Å². The number of carbonyl (C=O) groups is 1. The summed E-state index contributed by atoms with van der Waals surface area (Å²) in [5.41, 5.74) is 1.56. The lowest BCUT2D eigenvalue weighted by molar-refractivity contribution is -0.115. The van der Waals surface area contributed by atoms with E-state index in [-0.39, 0.29) is 11.2 Å². The number of hydrogen-bond donors (Lipinski definition) is 1. The summed E-state index contributed by atoms with van der Waals surface area (Å²) in [7, 11) is 1.55. The van der Waals surface area contributed by atoms with Crippen molar-refractivity contribution in [1.29, 1.82) is 0 Å². The summed E-state index contributed by atoms with van der Waals surface area (Å²) < 4.78 is 5.12. The summed E-state index contributed by atoms with van der Waals surface area (Å²) >= 11 is 7.60. The van der Waals surface area contributed by atoms with Crippen LogP contribution < -0.4 is 10.1 Å². The maximum absolute atomic E-state index is 12.5. The molecule has 1 heterocycles. The number of thioether (sulfide) groups is 1. The average Bonchev–Trinajstić information content (AvgIpc) is 2.62. The van der Waals surface area contributed by atoms with Crippen LogP contribution in [0.1, 0.15) is 6.92 Å². The van der Waals surface area contributed by atoms with Crippen molar-refractivity contribution in [3.63, 3.8) is 0 Å². The lowest BCUT2D eigenvalue weighted by Crippen LogP contribution is -2.22. The molecule has 25 heavy (non-hydrogen) atoms. The largest absolute Gasteiger partial charge is 0.495 e. The number of carbonyl (C=O) groups excluding carboxylic acids is 1. The molecule has 4 nitrogen and oxygen atoms in total. The molecule has 0 aliphatic heterocycles. The van der Waals surface area contributed by atoms with E-state index in [0.717, 1.165) is 15.8 Å². The molecular weight excluding hydrogens is 356 g/mol. The number of anilines is 1. The first-order valence-corrected chi connectivity index (χ1v) is 8.99. The predicted octanol–water partition coefficient (Wildman–Crippen LogP) is 5.02. The van der Waals surface area contributed by atoms with Crippen molar-refractivity contribution in [2.45, 2.75) is 17.1 Å². The van der Waals surface area contributed by atoms with Gasteiger partial charge in [-0.05, 0) is 37.3 Å². The second-order valence-corrected chi connectivity index (χ2v) is 7.21. The first-order chi connectivity index (χ1) is 12.1. The zero-order chi connectivity index (χ0) is 17.8. The molecule has 2 aromatic carbocycles. The number of nitrogens with one attached hydrogen (secondary N) is 1. The summed E-state index contributed by atoms with van der Waals surface area (Å²) in [4.78, 5) is 17.9. The minimum absolute atomic E-state index is 0.0906. The van der Waals surface area contributed by atoms with Gasteiger partial charge in [0.25, 0.3) is 0 Å². The lowest BCUT2D eigenvalue weighted by Gasteiger charge is -2.14. The molecule has 1 N–H and O–H groups in total. The average molecular weight is 373 g/mol. The maximum atomic E-state index is 12.5. The Labute approximate surface area is 155 Å². The van der Waals surface area contributed by atoms with Crippen LogP contribution in [0.4, 0.5) is 5.69 Å². The Bertz CT molecular complexity index is 912. The third kappa shape index (κ3) is 4.06. The van der Waals surface area contributed by atoms with Crippen LogP contribution in [0.5, 0.6) is 5.75 Å². The van der Waals surface area contributed by atoms with E-state index in [1.807, 2.05) is 37.3 Å². The molecular formula is C19H17ClN2O2S. The van der Waals surface area contributed by atoms with Gasteiger partial charge in [0.1, 0.15) is 5.75 Å². The number of methoxy groups -OCH3 is 1. The number of aromatic nitrogens is 1. The van der Waals surface area contributed by atoms with Gasteiger partial charge in [-0.3, -0.25) is 9.78 Å². The molecule has 0 saturated carbocycles. The van der Waals surface area contributed by atoms with E-state index in [9.17, 15) is 4.79 Å². The summed E-state index contributed by atoms with van der Waals surface area (Å²) in [6.45, 7) is 1.88. The summed E-state index contributed by atoms with van der Waals surface area (Å²) in [6.07, 6.45) is 1.76. The van der Waals surface area contributed by atoms with Crippen molar-refractivity contribution < 1.29 is 9.53 Å². The SMILES string of the molecule is COc1ccc(NC(=O)C(C)Sc2ccnc3ccccc23)cc1Cl. The van der Waals surface area contributed by atoms with Crippen molar-refractivity contribution in [3.8, 4) is 5.75 Å². The van der Waals surface area contributed by atoms with Gasteiger partial charge in [-0.1, -0.05) is 29.8 Å². The van der Waals surface area contributed by atoms with Crippen molar-refractivity contribution in [2.75, 3.05) is 12.4 Å². The monoisotopic (exact) mass is 372 g/mol. The Kier molecular flexibility index (Phi) is 5.46. The third-order valence-corrected chi connectivity index (χ3v) is 5.17. The highest BCUT2D eigenvalue weighted by molar-refractivity contribution is 8.00. The molecule has 0 aliphatic carbocycles. The first-order valence-electron chi connectivity index (χ1n) is 7.73. The van der Waals surface area contributed by atoms with Gasteiger partial charge in [0.05, 0.1) is 22.9 Å². The second kappa shape index (κ2) is 7.76. The van der Waals surface area contributed by atoms with Crippen LogP contribution in [-0.2, 0) is 4.79 Å². The molecule has 0 bridgehead atoms. The lowest BCUT2D eigenvalue weighted by atomic mass is 10.2. The number of benzene rings is 2. The summed E-state index contributed by atoms with van der Waals surface area (Å²) in [5.74, 6) is 0.484. The normalized spacial score (nSPS) is 12.0. The first kappa shape index (κ1) is 17.6. The quantitative estimate of drug-likeness (QED) is 0.639. The fourth-order valence-corrected chi connectivity index (χ4v) is 3.65. The van der Waals surface area contributed by atoms with Crippen LogP contribution in [0.2, 0.25) is 5.02 Å². The number of rotatable bonds is 5. The zero-order valence-corrected chi connectivity index (χ0v) is 15.4. The number of halogens is 1. The topological polar surface area (TPSA) is 51.2 Å². The Morgan fingerprint density at radius 2 is 2.04 bits per heavy atom. The van der Waals surface area contributed by atoms with E-state index in [1.54, 1.807) is 31.5 Å². The van der Waals surface area contributed by atoms with Crippen molar-refractivity contribution in [3.05, 3.63) is 59.8 Å². The molecule has 128 valence electrons. The smallest absolute Gasteiger partial charge is 0.237 e. The van der Waals surface area contributed by atoms with Gasteiger partial charge in [0, 0.05) is 22.2 Å². The molecule has 3 aromatic rings. The Morgan fingerprint density at radius 1 is 1.24 bits per heavy atom. The number of fused-ring (bicyclic) bond motifs is 1. The highest BCUT2D eigenvalue weighted by atomic mass is 35.5. The number of pyridine rings is 1. The highest BCUT2D eigenvalue weighted by Gasteiger charge is 2.16. The Hall–Kier alpha value is -2.24. The van der Waals surface area contributed by atoms with Crippen LogP contribution in [0.25, 0.3) is 10.9 Å². The van der Waals surface area contributed by atoms with Gasteiger partial charge in [-0.2, -0.15) is 0 Å². The standard InChI is InChI=1S/C19H17ClN2O2S/c1-12(19(23)22-13-7-8-17(24-2)15(20)11-13)25-18-9-10-21-16-6-4-3-5-14(16)18/h3-12H,1-2H3,(H,22,23). The van der Waals surface area contributed by atoms with Gasteiger partial charge in [-0.15, -0.1) is 11.8 Å². The molecule has 1 unspecified atom stereocenters. The van der Waals surface area contributed by atoms with E-state index >= 15 is 0 Å². The van der Waals surface area contributed by atoms with E-state index in [0.29, 0.717) is 16.5 Å². The van der Waals surface area contributed by atoms with Crippen LogP contribution >= 0.6 is 23.4 Å². The molecule has 1 amide bonds. The highest BCUT2D eigenvalue weighted by Crippen LogP contribution is 2.31. The van der Waals surface area contributed by atoms with Crippen LogP contribution in [0, 0.1) is 0 Å². The summed E-state index contributed by atoms with van der Waals surface area (Å²) in [6, 6.07) is 15.0. The zero-order valence-electron chi connectivity index (χ0n) is 13.8. The van der Waals surface area contributed by atoms with E-state index in [1.165, 1.54) is 11.8 Å². The molecule has 0 aliphatic rings. The van der Waals surface area contributed by atoms with Crippen molar-refractivity contribution in [2.24, 2.45) is 0 Å². The van der Waals surface area contributed by atoms with E-state index < -0.39 is 0 Å². The number of ether oxygens (including phenoxy) is 1. The fourth-order valence-electron chi connectivity index (χ4n) is 2.40. The number of amides is 1. The number of hydrogen-bond acceptors (Lipinski definition) is 4. The molecule has 1 atom stereocenters. The van der Waals surface area contributed by atoms with Gasteiger partial charge in [0.2, 0.25) is 5.91 Å². The molecule has 6 heteroatoms. The van der Waals surface area contributed by atoms with Crippen LogP contribution in [0.3, 0.4) is 0 Å². The fraction of sp³-hybridized carbons (Fsp3) is 0.158. The van der Waals surface area contributed by atoms with Crippen molar-refractivity contribution in [1.82, 2.24) is 4.98 Å². The number of nitrogens with zero attached hydrogens (tertiary/aromatic N) is 1. The Balaban J connectivity index is 1.73. The molecule has 1 aromatic heterocycles. The van der Waals surface area contributed by atoms with Gasteiger partial charge in [-0.25, -0.2) is 0 Å². The minimum Gasteiger partial charge on any atom is -0.495 e. The molecule has 0 radical (unpaired) electrons. The van der Waals surface area contributed by atoms with Gasteiger partial charge >= 0.3 is 0 Å². The maximum Gasteiger partial charge on any atom is 0.237 e. The van der Waals surface area contributed by atoms with Crippen molar-refractivity contribution >= 4 is 45.9 Å². The van der Waals surface area contributed by atoms with Gasteiger partial charge in [0.15, 0.2) is 0 Å². The molecule has 0 saturated heterocycles. The van der Waals surface area contributed by atoms with E-state index in [4.69, 9.17) is 16.3 Å². The molecule has 0 spiro atoms. The van der Waals surface area contributed by atoms with E-state index in [2.05, 4.69) is 10.3 Å². The third-order valence-electron chi connectivity index (χ3n) is 3.70. The van der Waals surface area contributed by atoms with Crippen LogP contribution in [0.15, 0.2) is 59.6 Å². The Morgan fingerprint density at radius 3 is 2.80 bits per heavy atom. The molecule has 3 rings (SSSR count).